The number of piperidine rings is 1. The second-order valence-corrected chi connectivity index (χ2v) is 10.1. The number of hydrogen-bond donors (Lipinski definition) is 0. The van der Waals surface area contributed by atoms with Gasteiger partial charge in [-0.25, -0.2) is 22.3 Å². The van der Waals surface area contributed by atoms with Crippen LogP contribution >= 0.6 is 0 Å². The van der Waals surface area contributed by atoms with Crippen LogP contribution < -0.4 is 5.69 Å². The minimum absolute atomic E-state index is 0.0356. The number of aromatic nitrogens is 3. The van der Waals surface area contributed by atoms with Crippen LogP contribution in [-0.4, -0.2) is 51.6 Å². The molecular formula is C18H26N4O5S. The molecule has 10 heteroatoms. The van der Waals surface area contributed by atoms with E-state index in [-0.39, 0.29) is 17.1 Å². The molecule has 1 aliphatic rings. The maximum absolute atomic E-state index is 12.9. The first-order valence-electron chi connectivity index (χ1n) is 9.28. The number of nitrogens with zero attached hydrogens (tertiary/aromatic N) is 4. The molecule has 3 heterocycles. The Hall–Kier alpha value is -2.20. The van der Waals surface area contributed by atoms with Gasteiger partial charge in [0.2, 0.25) is 10.0 Å². The van der Waals surface area contributed by atoms with Crippen LogP contribution in [-0.2, 0) is 26.1 Å². The average molecular weight is 410 g/mol. The standard InChI is InChI=1S/C18H26N4O5S/c1-13-7-9-20(10-8-13)28(25,26)14-5-6-15-19-22(17(24)21(15)11-14)12-16(23)27-18(2,3)4/h5-6,11,13H,7-10,12H2,1-4H3. The summed E-state index contributed by atoms with van der Waals surface area (Å²) in [5.74, 6) is -0.0871. The Kier molecular flexibility index (Phi) is 5.37. The molecule has 1 fully saturated rings. The Labute approximate surface area is 163 Å². The largest absolute Gasteiger partial charge is 0.459 e. The van der Waals surface area contributed by atoms with E-state index in [1.807, 2.05) is 0 Å². The lowest BCUT2D eigenvalue weighted by molar-refractivity contribution is -0.155. The van der Waals surface area contributed by atoms with Crippen molar-refractivity contribution in [3.05, 3.63) is 28.8 Å². The zero-order valence-electron chi connectivity index (χ0n) is 16.6. The average Bonchev–Trinajstić information content (AvgIpc) is 2.89. The van der Waals surface area contributed by atoms with Crippen molar-refractivity contribution in [3.8, 4) is 0 Å². The third kappa shape index (κ3) is 4.27. The predicted octanol–water partition coefficient (Wildman–Crippen LogP) is 1.26. The molecule has 1 aliphatic heterocycles. The van der Waals surface area contributed by atoms with Crippen LogP contribution in [0, 0.1) is 5.92 Å². The minimum Gasteiger partial charge on any atom is -0.459 e. The number of carbonyl (C=O) groups excluding carboxylic acids is 1. The molecule has 0 radical (unpaired) electrons. The molecule has 2 aromatic heterocycles. The maximum atomic E-state index is 12.9. The Morgan fingerprint density at radius 1 is 1.25 bits per heavy atom. The highest BCUT2D eigenvalue weighted by atomic mass is 32.2. The third-order valence-corrected chi connectivity index (χ3v) is 6.51. The third-order valence-electron chi connectivity index (χ3n) is 4.63. The fourth-order valence-electron chi connectivity index (χ4n) is 3.12. The monoisotopic (exact) mass is 410 g/mol. The van der Waals surface area contributed by atoms with E-state index >= 15 is 0 Å². The smallest absolute Gasteiger partial charge is 0.350 e. The van der Waals surface area contributed by atoms with Gasteiger partial charge in [0.05, 0.1) is 4.90 Å². The van der Waals surface area contributed by atoms with Gasteiger partial charge in [-0.3, -0.25) is 4.79 Å². The molecule has 28 heavy (non-hydrogen) atoms. The summed E-state index contributed by atoms with van der Waals surface area (Å²) < 4.78 is 34.6. The second-order valence-electron chi connectivity index (χ2n) is 8.21. The van der Waals surface area contributed by atoms with Crippen LogP contribution in [0.4, 0.5) is 0 Å². The Balaban J connectivity index is 1.89. The summed E-state index contributed by atoms with van der Waals surface area (Å²) in [5.41, 5.74) is -1.00. The molecule has 0 N–H and O–H groups in total. The molecule has 2 aromatic rings. The van der Waals surface area contributed by atoms with Crippen LogP contribution in [0.5, 0.6) is 0 Å². The summed E-state index contributed by atoms with van der Waals surface area (Å²) >= 11 is 0. The molecule has 3 rings (SSSR count). The first kappa shape index (κ1) is 20.5. The zero-order chi connectivity index (χ0) is 20.7. The number of rotatable bonds is 4. The van der Waals surface area contributed by atoms with Crippen molar-refractivity contribution in [1.29, 1.82) is 0 Å². The van der Waals surface area contributed by atoms with E-state index in [0.717, 1.165) is 21.9 Å². The summed E-state index contributed by atoms with van der Waals surface area (Å²) in [5, 5.41) is 4.09. The first-order chi connectivity index (χ1) is 13.0. The lowest BCUT2D eigenvalue weighted by Crippen LogP contribution is -2.38. The summed E-state index contributed by atoms with van der Waals surface area (Å²) in [6.45, 7) is 7.89. The van der Waals surface area contributed by atoms with Gasteiger partial charge in [-0.1, -0.05) is 6.92 Å². The zero-order valence-corrected chi connectivity index (χ0v) is 17.4. The molecule has 9 nitrogen and oxygen atoms in total. The van der Waals surface area contributed by atoms with Crippen LogP contribution in [0.3, 0.4) is 0 Å². The molecule has 1 saturated heterocycles. The van der Waals surface area contributed by atoms with E-state index in [1.165, 1.54) is 22.6 Å². The number of esters is 1. The number of ether oxygens (including phenoxy) is 1. The molecule has 0 amide bonds. The van der Waals surface area contributed by atoms with Gasteiger partial charge in [0, 0.05) is 19.3 Å². The quantitative estimate of drug-likeness (QED) is 0.703. The Morgan fingerprint density at radius 3 is 2.50 bits per heavy atom. The van der Waals surface area contributed by atoms with Crippen molar-refractivity contribution < 1.29 is 17.9 Å². The van der Waals surface area contributed by atoms with Crippen molar-refractivity contribution in [3.63, 3.8) is 0 Å². The van der Waals surface area contributed by atoms with Crippen molar-refractivity contribution in [2.24, 2.45) is 5.92 Å². The predicted molar refractivity (Wildman–Crippen MR) is 102 cm³/mol. The van der Waals surface area contributed by atoms with E-state index in [0.29, 0.717) is 19.0 Å². The number of carbonyl (C=O) groups is 1. The SMILES string of the molecule is CC1CCN(S(=O)(=O)c2ccc3nn(CC(=O)OC(C)(C)C)c(=O)n3c2)CC1. The molecule has 154 valence electrons. The maximum Gasteiger partial charge on any atom is 0.350 e. The van der Waals surface area contributed by atoms with Crippen molar-refractivity contribution in [2.45, 2.75) is 57.6 Å². The number of sulfonamides is 1. The molecule has 0 aliphatic carbocycles. The highest BCUT2D eigenvalue weighted by Crippen LogP contribution is 2.23. The van der Waals surface area contributed by atoms with Gasteiger partial charge in [-0.15, -0.1) is 5.10 Å². The normalized spacial score (nSPS) is 17.1. The number of fused-ring (bicyclic) bond motifs is 1. The highest BCUT2D eigenvalue weighted by molar-refractivity contribution is 7.89. The van der Waals surface area contributed by atoms with E-state index in [2.05, 4.69) is 12.0 Å². The van der Waals surface area contributed by atoms with Gasteiger partial charge in [0.25, 0.3) is 0 Å². The van der Waals surface area contributed by atoms with Crippen LogP contribution in [0.2, 0.25) is 0 Å². The summed E-state index contributed by atoms with van der Waals surface area (Å²) in [7, 11) is -3.69. The lowest BCUT2D eigenvalue weighted by Gasteiger charge is -2.29. The molecule has 0 saturated carbocycles. The molecule has 0 aromatic carbocycles. The number of hydrogen-bond acceptors (Lipinski definition) is 6. The van der Waals surface area contributed by atoms with Crippen molar-refractivity contribution in [1.82, 2.24) is 18.5 Å². The number of pyridine rings is 1. The molecule has 0 bridgehead atoms. The minimum atomic E-state index is -3.69. The van der Waals surface area contributed by atoms with Crippen LogP contribution in [0.25, 0.3) is 5.65 Å². The van der Waals surface area contributed by atoms with Crippen LogP contribution in [0.15, 0.2) is 28.0 Å². The fourth-order valence-corrected chi connectivity index (χ4v) is 4.59. The molecular weight excluding hydrogens is 384 g/mol. The van der Waals surface area contributed by atoms with E-state index in [1.54, 1.807) is 20.8 Å². The highest BCUT2D eigenvalue weighted by Gasteiger charge is 2.29. The second kappa shape index (κ2) is 7.32. The topological polar surface area (TPSA) is 103 Å². The van der Waals surface area contributed by atoms with Gasteiger partial charge in [-0.2, -0.15) is 4.31 Å². The van der Waals surface area contributed by atoms with Gasteiger partial charge in [0.15, 0.2) is 5.65 Å². The van der Waals surface area contributed by atoms with E-state index < -0.39 is 27.3 Å². The van der Waals surface area contributed by atoms with E-state index in [9.17, 15) is 18.0 Å². The van der Waals surface area contributed by atoms with Gasteiger partial charge >= 0.3 is 11.7 Å². The van der Waals surface area contributed by atoms with Crippen molar-refractivity contribution >= 4 is 21.6 Å². The van der Waals surface area contributed by atoms with Gasteiger partial charge < -0.3 is 4.74 Å². The first-order valence-corrected chi connectivity index (χ1v) is 10.7. The molecule has 0 unspecified atom stereocenters. The summed E-state index contributed by atoms with van der Waals surface area (Å²) in [6, 6.07) is 2.90. The van der Waals surface area contributed by atoms with Gasteiger partial charge in [-0.05, 0) is 51.7 Å². The summed E-state index contributed by atoms with van der Waals surface area (Å²) in [4.78, 5) is 24.6. The molecule has 0 spiro atoms. The summed E-state index contributed by atoms with van der Waals surface area (Å²) in [6.07, 6.45) is 2.90. The lowest BCUT2D eigenvalue weighted by atomic mass is 10.0. The van der Waals surface area contributed by atoms with Gasteiger partial charge in [0.1, 0.15) is 12.1 Å². The molecule has 0 atom stereocenters. The van der Waals surface area contributed by atoms with Crippen molar-refractivity contribution in [2.75, 3.05) is 13.1 Å². The van der Waals surface area contributed by atoms with Crippen LogP contribution in [0.1, 0.15) is 40.5 Å². The van der Waals surface area contributed by atoms with E-state index in [4.69, 9.17) is 4.74 Å². The Bertz CT molecular complexity index is 1040. The Morgan fingerprint density at radius 2 is 1.89 bits per heavy atom. The fraction of sp³-hybridized carbons (Fsp3) is 0.611.